The fraction of sp³-hybridized carbons (Fsp3) is 0.524. The SMILES string of the molecule is CCCn1c(NC(=O)CN2C(=O)NC(CCC)(CCC)C2=O)nc2ccccc21. The van der Waals surface area contributed by atoms with Gasteiger partial charge in [0.25, 0.3) is 5.91 Å². The molecule has 8 nitrogen and oxygen atoms in total. The van der Waals surface area contributed by atoms with Crippen LogP contribution < -0.4 is 10.6 Å². The van der Waals surface area contributed by atoms with Crippen molar-refractivity contribution in [2.45, 2.75) is 65.0 Å². The van der Waals surface area contributed by atoms with E-state index in [-0.39, 0.29) is 12.5 Å². The van der Waals surface area contributed by atoms with E-state index in [0.29, 0.717) is 25.3 Å². The van der Waals surface area contributed by atoms with Crippen molar-refractivity contribution < 1.29 is 14.4 Å². The molecule has 1 aliphatic rings. The molecule has 2 aromatic rings. The van der Waals surface area contributed by atoms with Crippen molar-refractivity contribution in [2.75, 3.05) is 11.9 Å². The molecule has 0 saturated carbocycles. The number of anilines is 1. The number of amides is 4. The highest BCUT2D eigenvalue weighted by atomic mass is 16.2. The average molecular weight is 399 g/mol. The van der Waals surface area contributed by atoms with Crippen LogP contribution in [0.5, 0.6) is 0 Å². The van der Waals surface area contributed by atoms with Crippen molar-refractivity contribution in [3.8, 4) is 0 Å². The summed E-state index contributed by atoms with van der Waals surface area (Å²) in [5, 5.41) is 5.61. The lowest BCUT2D eigenvalue weighted by Gasteiger charge is -2.25. The fourth-order valence-electron chi connectivity index (χ4n) is 4.07. The van der Waals surface area contributed by atoms with Gasteiger partial charge in [-0.3, -0.25) is 19.8 Å². The standard InChI is InChI=1S/C21H29N5O3/c1-4-11-21(12-5-2)18(28)26(20(29)24-21)14-17(27)23-19-22-15-9-7-8-10-16(15)25(19)13-6-3/h7-10H,4-6,11-14H2,1-3H3,(H,24,29)(H,22,23,27). The molecule has 0 bridgehead atoms. The van der Waals surface area contributed by atoms with Crippen LogP contribution >= 0.6 is 0 Å². The van der Waals surface area contributed by atoms with Gasteiger partial charge in [-0.25, -0.2) is 9.78 Å². The summed E-state index contributed by atoms with van der Waals surface area (Å²) in [5.41, 5.74) is 0.830. The molecular formula is C21H29N5O3. The Morgan fingerprint density at radius 1 is 1.10 bits per heavy atom. The second kappa shape index (κ2) is 8.63. The van der Waals surface area contributed by atoms with Crippen molar-refractivity contribution >= 4 is 34.8 Å². The lowest BCUT2D eigenvalue weighted by molar-refractivity contribution is -0.134. The molecule has 1 aromatic heterocycles. The van der Waals surface area contributed by atoms with Crippen molar-refractivity contribution in [1.82, 2.24) is 19.8 Å². The number of nitrogens with zero attached hydrogens (tertiary/aromatic N) is 3. The molecule has 8 heteroatoms. The van der Waals surface area contributed by atoms with Gasteiger partial charge in [0.2, 0.25) is 11.9 Å². The number of hydrogen-bond donors (Lipinski definition) is 2. The second-order valence-corrected chi connectivity index (χ2v) is 7.53. The summed E-state index contributed by atoms with van der Waals surface area (Å²) < 4.78 is 1.94. The second-order valence-electron chi connectivity index (χ2n) is 7.53. The molecule has 1 aliphatic heterocycles. The molecule has 2 heterocycles. The third kappa shape index (κ3) is 3.97. The number of carbonyl (C=O) groups excluding carboxylic acids is 3. The van der Waals surface area contributed by atoms with Gasteiger partial charge in [-0.2, -0.15) is 0 Å². The van der Waals surface area contributed by atoms with E-state index in [1.165, 1.54) is 0 Å². The number of hydrogen-bond acceptors (Lipinski definition) is 4. The van der Waals surface area contributed by atoms with Gasteiger partial charge < -0.3 is 9.88 Å². The van der Waals surface area contributed by atoms with Crippen LogP contribution in [0.4, 0.5) is 10.7 Å². The quantitative estimate of drug-likeness (QED) is 0.633. The molecule has 29 heavy (non-hydrogen) atoms. The molecule has 2 N–H and O–H groups in total. The zero-order valence-corrected chi connectivity index (χ0v) is 17.3. The molecule has 0 atom stereocenters. The third-order valence-electron chi connectivity index (χ3n) is 5.25. The lowest BCUT2D eigenvalue weighted by Crippen LogP contribution is -2.47. The smallest absolute Gasteiger partial charge is 0.323 e. The van der Waals surface area contributed by atoms with E-state index in [4.69, 9.17) is 0 Å². The number of imide groups is 1. The van der Waals surface area contributed by atoms with E-state index in [0.717, 1.165) is 35.2 Å². The summed E-state index contributed by atoms with van der Waals surface area (Å²) in [5.74, 6) is -0.327. The zero-order chi connectivity index (χ0) is 21.0. The predicted octanol–water partition coefficient (Wildman–Crippen LogP) is 3.28. The topological polar surface area (TPSA) is 96.3 Å². The normalized spacial score (nSPS) is 15.8. The van der Waals surface area contributed by atoms with Crippen molar-refractivity contribution in [1.29, 1.82) is 0 Å². The predicted molar refractivity (Wildman–Crippen MR) is 111 cm³/mol. The molecule has 1 fully saturated rings. The van der Waals surface area contributed by atoms with Crippen LogP contribution in [0.1, 0.15) is 52.9 Å². The summed E-state index contributed by atoms with van der Waals surface area (Å²) in [6.45, 7) is 6.38. The Bertz CT molecular complexity index is 914. The summed E-state index contributed by atoms with van der Waals surface area (Å²) >= 11 is 0. The van der Waals surface area contributed by atoms with Crippen LogP contribution in [0.25, 0.3) is 11.0 Å². The van der Waals surface area contributed by atoms with E-state index in [1.54, 1.807) is 0 Å². The minimum Gasteiger partial charge on any atom is -0.323 e. The number of fused-ring (bicyclic) bond motifs is 1. The summed E-state index contributed by atoms with van der Waals surface area (Å²) in [4.78, 5) is 43.6. The first kappa shape index (κ1) is 20.8. The molecular weight excluding hydrogens is 370 g/mol. The Morgan fingerprint density at radius 3 is 2.45 bits per heavy atom. The highest BCUT2D eigenvalue weighted by Crippen LogP contribution is 2.28. The Hall–Kier alpha value is -2.90. The highest BCUT2D eigenvalue weighted by molar-refractivity contribution is 6.10. The molecule has 1 saturated heterocycles. The van der Waals surface area contributed by atoms with E-state index >= 15 is 0 Å². The molecule has 156 valence electrons. The van der Waals surface area contributed by atoms with Crippen LogP contribution in [-0.4, -0.2) is 44.4 Å². The largest absolute Gasteiger partial charge is 0.325 e. The van der Waals surface area contributed by atoms with Gasteiger partial charge in [-0.05, 0) is 31.4 Å². The molecule has 0 aliphatic carbocycles. The highest BCUT2D eigenvalue weighted by Gasteiger charge is 2.50. The van der Waals surface area contributed by atoms with E-state index in [1.807, 2.05) is 42.7 Å². The van der Waals surface area contributed by atoms with Crippen molar-refractivity contribution in [2.24, 2.45) is 0 Å². The minimum atomic E-state index is -0.893. The number of para-hydroxylation sites is 2. The Labute approximate surface area is 170 Å². The first-order valence-electron chi connectivity index (χ1n) is 10.3. The number of benzene rings is 1. The third-order valence-corrected chi connectivity index (χ3v) is 5.25. The van der Waals surface area contributed by atoms with Crippen LogP contribution in [0.2, 0.25) is 0 Å². The number of urea groups is 1. The van der Waals surface area contributed by atoms with Crippen LogP contribution in [0, 0.1) is 0 Å². The first-order valence-corrected chi connectivity index (χ1v) is 10.3. The Balaban J connectivity index is 1.77. The Morgan fingerprint density at radius 2 is 1.79 bits per heavy atom. The maximum absolute atomic E-state index is 13.0. The lowest BCUT2D eigenvalue weighted by atomic mass is 9.88. The van der Waals surface area contributed by atoms with Crippen molar-refractivity contribution in [3.05, 3.63) is 24.3 Å². The van der Waals surface area contributed by atoms with E-state index in [9.17, 15) is 14.4 Å². The van der Waals surface area contributed by atoms with Gasteiger partial charge in [-0.1, -0.05) is 45.7 Å². The van der Waals surface area contributed by atoms with Crippen LogP contribution in [0.15, 0.2) is 24.3 Å². The maximum atomic E-state index is 13.0. The molecule has 3 rings (SSSR count). The van der Waals surface area contributed by atoms with E-state index < -0.39 is 17.5 Å². The van der Waals surface area contributed by atoms with Crippen LogP contribution in [0.3, 0.4) is 0 Å². The molecule has 4 amide bonds. The van der Waals surface area contributed by atoms with Gasteiger partial charge in [0.05, 0.1) is 11.0 Å². The molecule has 1 aromatic carbocycles. The van der Waals surface area contributed by atoms with Gasteiger partial charge >= 0.3 is 6.03 Å². The number of aryl methyl sites for hydroxylation is 1. The summed E-state index contributed by atoms with van der Waals surface area (Å²) in [6.07, 6.45) is 3.55. The van der Waals surface area contributed by atoms with Gasteiger partial charge in [0.1, 0.15) is 12.1 Å². The van der Waals surface area contributed by atoms with Gasteiger partial charge in [0, 0.05) is 6.54 Å². The zero-order valence-electron chi connectivity index (χ0n) is 17.3. The number of rotatable bonds is 9. The number of carbonyl (C=O) groups is 3. The van der Waals surface area contributed by atoms with Crippen LogP contribution in [-0.2, 0) is 16.1 Å². The molecule has 0 spiro atoms. The molecule has 0 radical (unpaired) electrons. The van der Waals surface area contributed by atoms with E-state index in [2.05, 4.69) is 22.5 Å². The summed E-state index contributed by atoms with van der Waals surface area (Å²) in [6, 6.07) is 7.16. The molecule has 0 unspecified atom stereocenters. The monoisotopic (exact) mass is 399 g/mol. The number of imidazole rings is 1. The van der Waals surface area contributed by atoms with Crippen molar-refractivity contribution in [3.63, 3.8) is 0 Å². The Kier molecular flexibility index (Phi) is 6.20. The maximum Gasteiger partial charge on any atom is 0.325 e. The number of nitrogens with one attached hydrogen (secondary N) is 2. The fourth-order valence-corrected chi connectivity index (χ4v) is 4.07. The average Bonchev–Trinajstić information content (AvgIpc) is 3.13. The minimum absolute atomic E-state index is 0.316. The van der Waals surface area contributed by atoms with Gasteiger partial charge in [0.15, 0.2) is 0 Å². The number of aromatic nitrogens is 2. The summed E-state index contributed by atoms with van der Waals surface area (Å²) in [7, 11) is 0. The first-order chi connectivity index (χ1) is 14.0. The van der Waals surface area contributed by atoms with Gasteiger partial charge in [-0.15, -0.1) is 0 Å².